The molecule has 1 unspecified atom stereocenters. The van der Waals surface area contributed by atoms with Crippen LogP contribution in [-0.4, -0.2) is 19.8 Å². The Bertz CT molecular complexity index is 613. The van der Waals surface area contributed by atoms with Crippen LogP contribution in [-0.2, 0) is 6.42 Å². The van der Waals surface area contributed by atoms with Gasteiger partial charge in [-0.2, -0.15) is 0 Å². The second-order valence-corrected chi connectivity index (χ2v) is 5.60. The van der Waals surface area contributed by atoms with Gasteiger partial charge < -0.3 is 15.2 Å². The maximum atomic E-state index is 5.96. The lowest BCUT2D eigenvalue weighted by molar-refractivity contribution is 0.171. The highest BCUT2D eigenvalue weighted by Crippen LogP contribution is 2.33. The van der Waals surface area contributed by atoms with Crippen LogP contribution in [0.15, 0.2) is 42.5 Å². The van der Waals surface area contributed by atoms with Crippen LogP contribution < -0.4 is 15.2 Å². The third-order valence-corrected chi connectivity index (χ3v) is 3.97. The van der Waals surface area contributed by atoms with Crippen LogP contribution in [0.4, 0.5) is 0 Å². The summed E-state index contributed by atoms with van der Waals surface area (Å²) in [6.07, 6.45) is 0.882. The molecule has 0 aliphatic carbocycles. The fraction of sp³-hybridized carbons (Fsp3) is 0.294. The fourth-order valence-corrected chi connectivity index (χ4v) is 2.68. The SMILES string of the molecule is NCC(Cc1ccc(Cl)cc1)c1ccc2c(c1)OCCO2. The van der Waals surface area contributed by atoms with Crippen LogP contribution in [0.25, 0.3) is 0 Å². The summed E-state index contributed by atoms with van der Waals surface area (Å²) in [5.74, 6) is 1.88. The van der Waals surface area contributed by atoms with Crippen molar-refractivity contribution in [3.63, 3.8) is 0 Å². The lowest BCUT2D eigenvalue weighted by Crippen LogP contribution is -2.18. The molecule has 0 saturated heterocycles. The van der Waals surface area contributed by atoms with E-state index in [0.717, 1.165) is 22.9 Å². The van der Waals surface area contributed by atoms with Crippen molar-refractivity contribution in [1.82, 2.24) is 0 Å². The fourth-order valence-electron chi connectivity index (χ4n) is 2.56. The molecule has 2 N–H and O–H groups in total. The van der Waals surface area contributed by atoms with E-state index < -0.39 is 0 Å². The topological polar surface area (TPSA) is 44.5 Å². The maximum absolute atomic E-state index is 5.96. The van der Waals surface area contributed by atoms with Crippen molar-refractivity contribution < 1.29 is 9.47 Å². The summed E-state index contributed by atoms with van der Waals surface area (Å²) in [6.45, 7) is 1.79. The average molecular weight is 304 g/mol. The summed E-state index contributed by atoms with van der Waals surface area (Å²) in [6, 6.07) is 14.0. The second-order valence-electron chi connectivity index (χ2n) is 5.17. The van der Waals surface area contributed by atoms with Crippen molar-refractivity contribution in [2.24, 2.45) is 5.73 Å². The minimum absolute atomic E-state index is 0.252. The minimum atomic E-state index is 0.252. The third-order valence-electron chi connectivity index (χ3n) is 3.72. The molecule has 1 aliphatic heterocycles. The Morgan fingerprint density at radius 3 is 2.43 bits per heavy atom. The molecule has 1 aliphatic rings. The van der Waals surface area contributed by atoms with Crippen molar-refractivity contribution in [2.75, 3.05) is 19.8 Å². The van der Waals surface area contributed by atoms with Gasteiger partial charge in [0.2, 0.25) is 0 Å². The van der Waals surface area contributed by atoms with Crippen LogP contribution in [0, 0.1) is 0 Å². The Morgan fingerprint density at radius 2 is 1.71 bits per heavy atom. The first-order chi connectivity index (χ1) is 10.3. The van der Waals surface area contributed by atoms with Crippen molar-refractivity contribution in [3.8, 4) is 11.5 Å². The molecule has 4 heteroatoms. The molecule has 2 aromatic carbocycles. The van der Waals surface area contributed by atoms with E-state index in [9.17, 15) is 0 Å². The third kappa shape index (κ3) is 3.31. The number of halogens is 1. The number of fused-ring (bicyclic) bond motifs is 1. The molecule has 2 aromatic rings. The van der Waals surface area contributed by atoms with Crippen LogP contribution in [0.3, 0.4) is 0 Å². The van der Waals surface area contributed by atoms with E-state index in [4.69, 9.17) is 26.8 Å². The summed E-state index contributed by atoms with van der Waals surface area (Å²) in [5, 5.41) is 0.752. The van der Waals surface area contributed by atoms with Crippen molar-refractivity contribution in [2.45, 2.75) is 12.3 Å². The first-order valence-electron chi connectivity index (χ1n) is 7.10. The van der Waals surface area contributed by atoms with Gasteiger partial charge in [0.25, 0.3) is 0 Å². The van der Waals surface area contributed by atoms with E-state index in [-0.39, 0.29) is 5.92 Å². The van der Waals surface area contributed by atoms with Gasteiger partial charge in [0.15, 0.2) is 11.5 Å². The van der Waals surface area contributed by atoms with Gasteiger partial charge in [-0.25, -0.2) is 0 Å². The van der Waals surface area contributed by atoms with E-state index in [1.54, 1.807) is 0 Å². The van der Waals surface area contributed by atoms with Gasteiger partial charge in [0, 0.05) is 10.9 Å². The van der Waals surface area contributed by atoms with Crippen molar-refractivity contribution >= 4 is 11.6 Å². The average Bonchev–Trinajstić information content (AvgIpc) is 2.54. The number of hydrogen-bond acceptors (Lipinski definition) is 3. The van der Waals surface area contributed by atoms with Crippen LogP contribution >= 0.6 is 11.6 Å². The number of hydrogen-bond donors (Lipinski definition) is 1. The molecule has 1 heterocycles. The van der Waals surface area contributed by atoms with E-state index in [1.807, 2.05) is 36.4 Å². The summed E-state index contributed by atoms with van der Waals surface area (Å²) in [5.41, 5.74) is 8.36. The highest BCUT2D eigenvalue weighted by atomic mass is 35.5. The number of ether oxygens (including phenoxy) is 2. The number of nitrogens with two attached hydrogens (primary N) is 1. The van der Waals surface area contributed by atoms with Gasteiger partial charge >= 0.3 is 0 Å². The Hall–Kier alpha value is -1.71. The number of benzene rings is 2. The highest BCUT2D eigenvalue weighted by Gasteiger charge is 2.16. The van der Waals surface area contributed by atoms with Gasteiger partial charge in [0.05, 0.1) is 0 Å². The van der Waals surface area contributed by atoms with E-state index >= 15 is 0 Å². The minimum Gasteiger partial charge on any atom is -0.486 e. The highest BCUT2D eigenvalue weighted by molar-refractivity contribution is 6.30. The molecule has 3 nitrogen and oxygen atoms in total. The largest absolute Gasteiger partial charge is 0.486 e. The van der Waals surface area contributed by atoms with Crippen LogP contribution in [0.2, 0.25) is 5.02 Å². The maximum Gasteiger partial charge on any atom is 0.161 e. The summed E-state index contributed by atoms with van der Waals surface area (Å²) >= 11 is 5.92. The molecule has 21 heavy (non-hydrogen) atoms. The first kappa shape index (κ1) is 14.2. The zero-order valence-electron chi connectivity index (χ0n) is 11.7. The molecule has 0 saturated carbocycles. The van der Waals surface area contributed by atoms with Gasteiger partial charge in [-0.15, -0.1) is 0 Å². The Morgan fingerprint density at radius 1 is 1.00 bits per heavy atom. The molecular formula is C17H18ClNO2. The lowest BCUT2D eigenvalue weighted by atomic mass is 9.92. The first-order valence-corrected chi connectivity index (χ1v) is 7.48. The molecule has 0 bridgehead atoms. The molecule has 110 valence electrons. The van der Waals surface area contributed by atoms with Gasteiger partial charge in [-0.3, -0.25) is 0 Å². The van der Waals surface area contributed by atoms with Gasteiger partial charge in [-0.05, 0) is 48.4 Å². The lowest BCUT2D eigenvalue weighted by Gasteiger charge is -2.21. The Balaban J connectivity index is 1.81. The molecule has 0 fully saturated rings. The zero-order valence-corrected chi connectivity index (χ0v) is 12.5. The predicted molar refractivity (Wildman–Crippen MR) is 84.4 cm³/mol. The summed E-state index contributed by atoms with van der Waals surface area (Å²) in [7, 11) is 0. The van der Waals surface area contributed by atoms with Crippen molar-refractivity contribution in [3.05, 3.63) is 58.6 Å². The molecule has 0 radical (unpaired) electrons. The van der Waals surface area contributed by atoms with E-state index in [1.165, 1.54) is 11.1 Å². The molecular weight excluding hydrogens is 286 g/mol. The molecule has 0 aromatic heterocycles. The van der Waals surface area contributed by atoms with Crippen LogP contribution in [0.5, 0.6) is 11.5 Å². The monoisotopic (exact) mass is 303 g/mol. The normalized spacial score (nSPS) is 14.8. The predicted octanol–water partition coefficient (Wildman–Crippen LogP) is 3.40. The Labute approximate surface area is 129 Å². The van der Waals surface area contributed by atoms with Crippen molar-refractivity contribution in [1.29, 1.82) is 0 Å². The molecule has 3 rings (SSSR count). The molecule has 1 atom stereocenters. The standard InChI is InChI=1S/C17H18ClNO2/c18-15-4-1-12(2-5-15)9-14(11-19)13-3-6-16-17(10-13)21-8-7-20-16/h1-6,10,14H,7-9,11,19H2. The van der Waals surface area contributed by atoms with E-state index in [2.05, 4.69) is 6.07 Å². The van der Waals surface area contributed by atoms with Gasteiger partial charge in [0.1, 0.15) is 13.2 Å². The molecule has 0 amide bonds. The second kappa shape index (κ2) is 6.37. The van der Waals surface area contributed by atoms with E-state index in [0.29, 0.717) is 19.8 Å². The van der Waals surface area contributed by atoms with Gasteiger partial charge in [-0.1, -0.05) is 29.8 Å². The Kier molecular flexibility index (Phi) is 4.32. The zero-order chi connectivity index (χ0) is 14.7. The smallest absolute Gasteiger partial charge is 0.161 e. The quantitative estimate of drug-likeness (QED) is 0.941. The molecule has 0 spiro atoms. The summed E-state index contributed by atoms with van der Waals surface area (Å²) < 4.78 is 11.2. The summed E-state index contributed by atoms with van der Waals surface area (Å²) in [4.78, 5) is 0. The number of rotatable bonds is 4. The van der Waals surface area contributed by atoms with Crippen LogP contribution in [0.1, 0.15) is 17.0 Å².